The van der Waals surface area contributed by atoms with E-state index in [0.717, 1.165) is 45.9 Å². The normalized spacial score (nSPS) is 14.9. The molecule has 3 aromatic rings. The average Bonchev–Trinajstić information content (AvgIpc) is 3.21. The molecule has 1 aliphatic rings. The van der Waals surface area contributed by atoms with E-state index in [9.17, 15) is 4.79 Å². The standard InChI is InChI=1S/C21H23N5OS/c1-5-13(6-2)20-25-26-18(22)16(19(27)24-21(26)28-20)10-14-12(4)23-17-8-7-11(3)9-15(14)17/h7-10,13H,5-6,22H2,1-4H3/b14-10-. The van der Waals surface area contributed by atoms with Crippen LogP contribution in [0.15, 0.2) is 28.0 Å². The minimum Gasteiger partial charge on any atom is -0.383 e. The second-order valence-electron chi connectivity index (χ2n) is 7.14. The number of nitrogens with zero attached hydrogens (tertiary/aromatic N) is 4. The first-order valence-corrected chi connectivity index (χ1v) is 10.3. The number of aryl methyl sites for hydroxylation is 1. The average molecular weight is 394 g/mol. The molecule has 0 aliphatic carbocycles. The molecule has 0 amide bonds. The Morgan fingerprint density at radius 2 is 2.00 bits per heavy atom. The van der Waals surface area contributed by atoms with Crippen LogP contribution in [-0.2, 0) is 0 Å². The zero-order valence-corrected chi connectivity index (χ0v) is 17.3. The fourth-order valence-electron chi connectivity index (χ4n) is 3.56. The number of fused-ring (bicyclic) bond motifs is 2. The number of anilines is 1. The van der Waals surface area contributed by atoms with Crippen molar-refractivity contribution in [3.8, 4) is 0 Å². The van der Waals surface area contributed by atoms with Crippen LogP contribution in [0.3, 0.4) is 0 Å². The molecule has 4 rings (SSSR count). The number of benzene rings is 1. The number of hydrogen-bond acceptors (Lipinski definition) is 6. The lowest BCUT2D eigenvalue weighted by Gasteiger charge is -2.06. The quantitative estimate of drug-likeness (QED) is 0.702. The smallest absolute Gasteiger partial charge is 0.283 e. The van der Waals surface area contributed by atoms with E-state index in [4.69, 9.17) is 5.73 Å². The van der Waals surface area contributed by atoms with E-state index in [1.165, 1.54) is 11.3 Å². The highest BCUT2D eigenvalue weighted by Gasteiger charge is 2.21. The van der Waals surface area contributed by atoms with Gasteiger partial charge in [0.25, 0.3) is 5.56 Å². The number of nitrogen functional groups attached to an aromatic ring is 1. The molecule has 0 fully saturated rings. The summed E-state index contributed by atoms with van der Waals surface area (Å²) in [6.07, 6.45) is 3.78. The van der Waals surface area contributed by atoms with E-state index in [-0.39, 0.29) is 5.56 Å². The second-order valence-corrected chi connectivity index (χ2v) is 8.13. The molecule has 7 heteroatoms. The maximum atomic E-state index is 12.7. The summed E-state index contributed by atoms with van der Waals surface area (Å²) in [4.78, 5) is 22.1. The summed E-state index contributed by atoms with van der Waals surface area (Å²) < 4.78 is 1.60. The van der Waals surface area contributed by atoms with Crippen molar-refractivity contribution in [1.82, 2.24) is 14.6 Å². The van der Waals surface area contributed by atoms with Crippen LogP contribution in [0.1, 0.15) is 61.2 Å². The predicted molar refractivity (Wildman–Crippen MR) is 117 cm³/mol. The molecule has 144 valence electrons. The van der Waals surface area contributed by atoms with Gasteiger partial charge in [0.1, 0.15) is 10.8 Å². The van der Waals surface area contributed by atoms with Crippen LogP contribution in [0, 0.1) is 6.92 Å². The molecule has 0 saturated carbocycles. The van der Waals surface area contributed by atoms with Crippen LogP contribution in [0.5, 0.6) is 0 Å². The SMILES string of the molecule is CCC(CC)c1nn2c(N)c(/C=C3/C(C)=Nc4ccc(C)cc43)c(=O)nc2s1. The van der Waals surface area contributed by atoms with Gasteiger partial charge in [-0.05, 0) is 44.9 Å². The van der Waals surface area contributed by atoms with Gasteiger partial charge in [0.2, 0.25) is 4.96 Å². The molecule has 1 aromatic carbocycles. The fourth-order valence-corrected chi connectivity index (χ4v) is 4.72. The first kappa shape index (κ1) is 18.6. The van der Waals surface area contributed by atoms with Gasteiger partial charge in [-0.2, -0.15) is 14.6 Å². The fraction of sp³-hybridized carbons (Fsp3) is 0.333. The third-order valence-corrected chi connectivity index (χ3v) is 6.32. The molecule has 2 aromatic heterocycles. The zero-order valence-electron chi connectivity index (χ0n) is 16.5. The molecule has 2 N–H and O–H groups in total. The van der Waals surface area contributed by atoms with Crippen molar-refractivity contribution >= 4 is 45.2 Å². The largest absolute Gasteiger partial charge is 0.383 e. The third-order valence-electron chi connectivity index (χ3n) is 5.25. The van der Waals surface area contributed by atoms with Crippen molar-refractivity contribution in [2.45, 2.75) is 46.5 Å². The molecule has 0 unspecified atom stereocenters. The van der Waals surface area contributed by atoms with Crippen molar-refractivity contribution in [2.24, 2.45) is 4.99 Å². The highest BCUT2D eigenvalue weighted by atomic mass is 32.1. The lowest BCUT2D eigenvalue weighted by atomic mass is 9.99. The van der Waals surface area contributed by atoms with Gasteiger partial charge in [0.15, 0.2) is 0 Å². The zero-order chi connectivity index (χ0) is 20.0. The second kappa shape index (κ2) is 6.98. The van der Waals surface area contributed by atoms with Crippen molar-refractivity contribution in [3.63, 3.8) is 0 Å². The first-order chi connectivity index (χ1) is 13.4. The summed E-state index contributed by atoms with van der Waals surface area (Å²) in [6, 6.07) is 6.11. The van der Waals surface area contributed by atoms with Crippen LogP contribution in [0.25, 0.3) is 16.6 Å². The van der Waals surface area contributed by atoms with Crippen molar-refractivity contribution in [1.29, 1.82) is 0 Å². The summed E-state index contributed by atoms with van der Waals surface area (Å²) in [7, 11) is 0. The van der Waals surface area contributed by atoms with Crippen LogP contribution >= 0.6 is 11.3 Å². The summed E-state index contributed by atoms with van der Waals surface area (Å²) in [5.74, 6) is 0.673. The Morgan fingerprint density at radius 3 is 2.71 bits per heavy atom. The number of aliphatic imine (C=N–C) groups is 1. The molecule has 0 atom stereocenters. The Hall–Kier alpha value is -2.80. The molecule has 0 spiro atoms. The molecule has 0 saturated heterocycles. The monoisotopic (exact) mass is 393 g/mol. The maximum Gasteiger partial charge on any atom is 0.283 e. The number of rotatable bonds is 4. The Balaban J connectivity index is 1.89. The number of aromatic nitrogens is 3. The molecule has 0 bridgehead atoms. The Labute approximate surface area is 167 Å². The van der Waals surface area contributed by atoms with Gasteiger partial charge >= 0.3 is 0 Å². The Morgan fingerprint density at radius 1 is 1.25 bits per heavy atom. The predicted octanol–water partition coefficient (Wildman–Crippen LogP) is 4.59. The number of hydrogen-bond donors (Lipinski definition) is 1. The van der Waals surface area contributed by atoms with Gasteiger partial charge in [0.05, 0.1) is 11.3 Å². The molecule has 3 heterocycles. The summed E-state index contributed by atoms with van der Waals surface area (Å²) in [5.41, 5.74) is 11.2. The van der Waals surface area contributed by atoms with Crippen LogP contribution < -0.4 is 11.3 Å². The highest BCUT2D eigenvalue weighted by Crippen LogP contribution is 2.37. The molecular weight excluding hydrogens is 370 g/mol. The molecule has 0 radical (unpaired) electrons. The van der Waals surface area contributed by atoms with Gasteiger partial charge in [-0.25, -0.2) is 0 Å². The van der Waals surface area contributed by atoms with E-state index in [1.807, 2.05) is 26.0 Å². The van der Waals surface area contributed by atoms with E-state index >= 15 is 0 Å². The topological polar surface area (TPSA) is 85.6 Å². The van der Waals surface area contributed by atoms with Gasteiger partial charge in [-0.15, -0.1) is 0 Å². The van der Waals surface area contributed by atoms with Crippen molar-refractivity contribution in [3.05, 3.63) is 50.3 Å². The van der Waals surface area contributed by atoms with E-state index in [1.54, 1.807) is 10.6 Å². The Bertz CT molecular complexity index is 1200. The molecular formula is C21H23N5OS. The van der Waals surface area contributed by atoms with Crippen LogP contribution in [-0.4, -0.2) is 20.3 Å². The van der Waals surface area contributed by atoms with Crippen LogP contribution in [0.2, 0.25) is 0 Å². The first-order valence-electron chi connectivity index (χ1n) is 9.50. The Kier molecular flexibility index (Phi) is 4.63. The maximum absolute atomic E-state index is 12.7. The van der Waals surface area contributed by atoms with Crippen LogP contribution in [0.4, 0.5) is 11.5 Å². The van der Waals surface area contributed by atoms with Gasteiger partial charge < -0.3 is 5.73 Å². The molecule has 1 aliphatic heterocycles. The highest BCUT2D eigenvalue weighted by molar-refractivity contribution is 7.16. The number of nitrogens with two attached hydrogens (primary N) is 1. The number of allylic oxidation sites excluding steroid dienone is 1. The minimum atomic E-state index is -0.335. The van der Waals surface area contributed by atoms with Crippen molar-refractivity contribution in [2.75, 3.05) is 5.73 Å². The summed E-state index contributed by atoms with van der Waals surface area (Å²) >= 11 is 1.44. The van der Waals surface area contributed by atoms with Gasteiger partial charge in [0, 0.05) is 22.8 Å². The molecule has 28 heavy (non-hydrogen) atoms. The van der Waals surface area contributed by atoms with Crippen molar-refractivity contribution < 1.29 is 0 Å². The van der Waals surface area contributed by atoms with Gasteiger partial charge in [-0.3, -0.25) is 9.79 Å². The van der Waals surface area contributed by atoms with E-state index in [0.29, 0.717) is 22.3 Å². The van der Waals surface area contributed by atoms with E-state index in [2.05, 4.69) is 35.0 Å². The third kappa shape index (κ3) is 2.96. The summed E-state index contributed by atoms with van der Waals surface area (Å²) in [5, 5.41) is 5.62. The van der Waals surface area contributed by atoms with Gasteiger partial charge in [-0.1, -0.05) is 36.8 Å². The van der Waals surface area contributed by atoms with E-state index < -0.39 is 0 Å². The minimum absolute atomic E-state index is 0.324. The lowest BCUT2D eigenvalue weighted by Crippen LogP contribution is -2.17. The lowest BCUT2D eigenvalue weighted by molar-refractivity contribution is 0.626. The molecule has 6 nitrogen and oxygen atoms in total. The summed E-state index contributed by atoms with van der Waals surface area (Å²) in [6.45, 7) is 8.25.